The molecular weight excluding hydrogens is 556 g/mol. The molecule has 10 nitrogen and oxygen atoms in total. The number of anilines is 1. The number of carbonyl (C=O) groups excluding carboxylic acids is 1. The van der Waals surface area contributed by atoms with Crippen molar-refractivity contribution in [2.24, 2.45) is 0 Å². The Morgan fingerprint density at radius 3 is 2.61 bits per heavy atom. The van der Waals surface area contributed by atoms with Gasteiger partial charge in [0.05, 0.1) is 28.3 Å². The molecular formula is C24H18BrClN4O6. The second-order valence-electron chi connectivity index (χ2n) is 7.27. The second kappa shape index (κ2) is 11.1. The summed E-state index contributed by atoms with van der Waals surface area (Å²) in [7, 11) is 1.49. The fourth-order valence-corrected chi connectivity index (χ4v) is 3.92. The van der Waals surface area contributed by atoms with E-state index in [0.717, 1.165) is 0 Å². The molecule has 0 atom stereocenters. The summed E-state index contributed by atoms with van der Waals surface area (Å²) < 4.78 is 18.8. The summed E-state index contributed by atoms with van der Waals surface area (Å²) in [5.74, 6) is 0.957. The Morgan fingerprint density at radius 2 is 1.89 bits per heavy atom. The zero-order chi connectivity index (χ0) is 25.7. The first kappa shape index (κ1) is 25.0. The predicted molar refractivity (Wildman–Crippen MR) is 136 cm³/mol. The fraction of sp³-hybridized carbons (Fsp3) is 0.0833. The molecule has 0 spiro atoms. The minimum Gasteiger partial charge on any atom is -0.493 e. The molecule has 0 bridgehead atoms. The molecule has 0 fully saturated rings. The molecule has 0 saturated carbocycles. The maximum Gasteiger partial charge on any atom is 0.276 e. The maximum atomic E-state index is 12.8. The van der Waals surface area contributed by atoms with Crippen LogP contribution in [0.15, 0.2) is 77.4 Å². The zero-order valence-electron chi connectivity index (χ0n) is 18.7. The molecule has 1 aromatic heterocycles. The van der Waals surface area contributed by atoms with Crippen LogP contribution in [0, 0.1) is 10.1 Å². The van der Waals surface area contributed by atoms with Gasteiger partial charge in [0.1, 0.15) is 11.5 Å². The SMILES string of the molecule is COc1ccccc1Oc1cc(NC(=O)c2ccn(COc3ccc(Cl)cc3Br)n2)cc([N+](=O)[O-])c1. The number of para-hydroxylation sites is 2. The van der Waals surface area contributed by atoms with Crippen molar-refractivity contribution in [1.82, 2.24) is 9.78 Å². The van der Waals surface area contributed by atoms with Crippen molar-refractivity contribution in [3.63, 3.8) is 0 Å². The lowest BCUT2D eigenvalue weighted by molar-refractivity contribution is -0.384. The van der Waals surface area contributed by atoms with Crippen LogP contribution >= 0.6 is 27.5 Å². The quantitative estimate of drug-likeness (QED) is 0.184. The number of hydrogen-bond acceptors (Lipinski definition) is 7. The average molecular weight is 574 g/mol. The highest BCUT2D eigenvalue weighted by molar-refractivity contribution is 9.10. The molecule has 4 rings (SSSR count). The summed E-state index contributed by atoms with van der Waals surface area (Å²) in [6, 6.07) is 17.4. The number of non-ortho nitro benzene ring substituents is 1. The van der Waals surface area contributed by atoms with Gasteiger partial charge in [-0.05, 0) is 52.3 Å². The van der Waals surface area contributed by atoms with Gasteiger partial charge in [-0.2, -0.15) is 5.10 Å². The van der Waals surface area contributed by atoms with E-state index < -0.39 is 10.8 Å². The Morgan fingerprint density at radius 1 is 1.11 bits per heavy atom. The van der Waals surface area contributed by atoms with Crippen molar-refractivity contribution >= 4 is 44.8 Å². The van der Waals surface area contributed by atoms with Crippen LogP contribution in [0.5, 0.6) is 23.0 Å². The third-order valence-electron chi connectivity index (χ3n) is 4.78. The fourth-order valence-electron chi connectivity index (χ4n) is 3.13. The first-order valence-corrected chi connectivity index (χ1v) is 11.5. The van der Waals surface area contributed by atoms with Crippen LogP contribution in [0.25, 0.3) is 0 Å². The summed E-state index contributed by atoms with van der Waals surface area (Å²) in [6.45, 7) is 0.0429. The molecule has 1 amide bonds. The van der Waals surface area contributed by atoms with Crippen LogP contribution in [0.3, 0.4) is 0 Å². The van der Waals surface area contributed by atoms with Gasteiger partial charge in [-0.25, -0.2) is 4.68 Å². The van der Waals surface area contributed by atoms with E-state index in [1.54, 1.807) is 48.7 Å². The van der Waals surface area contributed by atoms with Crippen molar-refractivity contribution in [2.75, 3.05) is 12.4 Å². The van der Waals surface area contributed by atoms with Gasteiger partial charge in [0.15, 0.2) is 23.9 Å². The number of ether oxygens (including phenoxy) is 3. The Labute approximate surface area is 218 Å². The molecule has 1 N–H and O–H groups in total. The largest absolute Gasteiger partial charge is 0.493 e. The number of halogens is 2. The second-order valence-corrected chi connectivity index (χ2v) is 8.56. The summed E-state index contributed by atoms with van der Waals surface area (Å²) in [4.78, 5) is 23.6. The number of rotatable bonds is 9. The number of hydrogen-bond donors (Lipinski definition) is 1. The van der Waals surface area contributed by atoms with Crippen molar-refractivity contribution in [3.8, 4) is 23.0 Å². The molecule has 0 aliphatic heterocycles. The molecule has 3 aromatic carbocycles. The Hall–Kier alpha value is -4.09. The summed E-state index contributed by atoms with van der Waals surface area (Å²) in [5.41, 5.74) is -0.00682. The van der Waals surface area contributed by atoms with Gasteiger partial charge in [0.25, 0.3) is 11.6 Å². The van der Waals surface area contributed by atoms with Crippen LogP contribution in [0.2, 0.25) is 5.02 Å². The van der Waals surface area contributed by atoms with E-state index >= 15 is 0 Å². The Kier molecular flexibility index (Phi) is 7.71. The first-order valence-electron chi connectivity index (χ1n) is 10.4. The molecule has 0 saturated heterocycles. The molecule has 0 aliphatic carbocycles. The number of nitrogens with zero attached hydrogens (tertiary/aromatic N) is 3. The van der Waals surface area contributed by atoms with Gasteiger partial charge < -0.3 is 19.5 Å². The number of methoxy groups -OCH3 is 1. The highest BCUT2D eigenvalue weighted by Crippen LogP contribution is 2.34. The number of aromatic nitrogens is 2. The minimum absolute atomic E-state index is 0.0429. The van der Waals surface area contributed by atoms with Gasteiger partial charge in [0.2, 0.25) is 0 Å². The normalized spacial score (nSPS) is 10.5. The zero-order valence-corrected chi connectivity index (χ0v) is 21.0. The Bertz CT molecular complexity index is 1430. The van der Waals surface area contributed by atoms with Crippen molar-refractivity contribution in [1.29, 1.82) is 0 Å². The third-order valence-corrected chi connectivity index (χ3v) is 5.63. The van der Waals surface area contributed by atoms with Gasteiger partial charge in [-0.1, -0.05) is 23.7 Å². The van der Waals surface area contributed by atoms with Gasteiger partial charge in [0, 0.05) is 23.4 Å². The average Bonchev–Trinajstić information content (AvgIpc) is 3.33. The van der Waals surface area contributed by atoms with Crippen LogP contribution in [-0.2, 0) is 6.73 Å². The highest BCUT2D eigenvalue weighted by Gasteiger charge is 2.16. The van der Waals surface area contributed by atoms with Crippen LogP contribution in [0.4, 0.5) is 11.4 Å². The van der Waals surface area contributed by atoms with Crippen molar-refractivity contribution in [2.45, 2.75) is 6.73 Å². The van der Waals surface area contributed by atoms with E-state index in [-0.39, 0.29) is 29.5 Å². The molecule has 184 valence electrons. The van der Waals surface area contributed by atoms with Crippen LogP contribution in [-0.4, -0.2) is 27.7 Å². The number of nitro groups is 1. The number of benzene rings is 3. The number of nitrogens with one attached hydrogen (secondary N) is 1. The number of carbonyl (C=O) groups is 1. The summed E-state index contributed by atoms with van der Waals surface area (Å²) >= 11 is 9.30. The molecule has 0 aliphatic rings. The maximum absolute atomic E-state index is 12.8. The van der Waals surface area contributed by atoms with Crippen molar-refractivity contribution < 1.29 is 23.9 Å². The molecule has 0 radical (unpaired) electrons. The highest BCUT2D eigenvalue weighted by atomic mass is 79.9. The van der Waals surface area contributed by atoms with E-state index in [4.69, 9.17) is 25.8 Å². The molecule has 4 aromatic rings. The van der Waals surface area contributed by atoms with Gasteiger partial charge in [-0.15, -0.1) is 0 Å². The lowest BCUT2D eigenvalue weighted by Gasteiger charge is -2.11. The van der Waals surface area contributed by atoms with Gasteiger partial charge >= 0.3 is 0 Å². The standard InChI is InChI=1S/C24H18BrClN4O6/c1-34-22-4-2-3-5-23(22)36-18-12-16(11-17(13-18)30(32)33)27-24(31)20-8-9-29(28-20)14-35-21-7-6-15(26)10-19(21)25/h2-13H,14H2,1H3,(H,27,31). The van der Waals surface area contributed by atoms with Crippen molar-refractivity contribution in [3.05, 3.63) is 98.2 Å². The first-order chi connectivity index (χ1) is 17.3. The third kappa shape index (κ3) is 6.12. The molecule has 1 heterocycles. The Balaban J connectivity index is 1.48. The monoisotopic (exact) mass is 572 g/mol. The smallest absolute Gasteiger partial charge is 0.276 e. The predicted octanol–water partition coefficient (Wildman–Crippen LogP) is 6.30. The van der Waals surface area contributed by atoms with E-state index in [1.165, 1.54) is 36.1 Å². The molecule has 36 heavy (non-hydrogen) atoms. The number of nitro benzene ring substituents is 1. The lowest BCUT2D eigenvalue weighted by Crippen LogP contribution is -2.14. The van der Waals surface area contributed by atoms with Crippen LogP contribution < -0.4 is 19.5 Å². The lowest BCUT2D eigenvalue weighted by atomic mass is 10.2. The molecule has 0 unspecified atom stereocenters. The van der Waals surface area contributed by atoms with E-state index in [1.807, 2.05) is 0 Å². The minimum atomic E-state index is -0.578. The summed E-state index contributed by atoms with van der Waals surface area (Å²) in [5, 5.41) is 18.8. The van der Waals surface area contributed by atoms with E-state index in [2.05, 4.69) is 26.3 Å². The molecule has 12 heteroatoms. The topological polar surface area (TPSA) is 118 Å². The summed E-state index contributed by atoms with van der Waals surface area (Å²) in [6.07, 6.45) is 1.57. The number of amides is 1. The van der Waals surface area contributed by atoms with E-state index in [0.29, 0.717) is 26.7 Å². The van der Waals surface area contributed by atoms with Gasteiger partial charge in [-0.3, -0.25) is 14.9 Å². The van der Waals surface area contributed by atoms with Crippen LogP contribution in [0.1, 0.15) is 10.5 Å². The van der Waals surface area contributed by atoms with E-state index in [9.17, 15) is 14.9 Å².